The maximum Gasteiger partial charge on any atom is 0.232 e. The molecule has 1 aromatic heterocycles. The summed E-state index contributed by atoms with van der Waals surface area (Å²) in [5, 5.41) is 2.82. The Bertz CT molecular complexity index is 967. The first-order valence-electron chi connectivity index (χ1n) is 9.20. The Balaban J connectivity index is 1.51. The Morgan fingerprint density at radius 1 is 1.11 bits per heavy atom. The standard InChI is InChI=1S/C22H24N2O3S/c1-16-7-6-10-19(13-16)22-24-20(17(2)27-22)14-28(26)15-21(25)23-12-11-18-8-4-3-5-9-18/h3-10,13H,11-12,14-15H2,1-2H3,(H,23,25)/t28-/m0/s1. The largest absolute Gasteiger partial charge is 0.441 e. The fourth-order valence-electron chi connectivity index (χ4n) is 2.86. The van der Waals surface area contributed by atoms with Gasteiger partial charge in [-0.05, 0) is 38.0 Å². The van der Waals surface area contributed by atoms with Gasteiger partial charge in [0.05, 0.1) is 11.4 Å². The molecule has 0 bridgehead atoms. The Kier molecular flexibility index (Phi) is 6.76. The van der Waals surface area contributed by atoms with E-state index < -0.39 is 10.8 Å². The lowest BCUT2D eigenvalue weighted by atomic mass is 10.1. The molecule has 1 N–H and O–H groups in total. The highest BCUT2D eigenvalue weighted by Gasteiger charge is 2.16. The van der Waals surface area contributed by atoms with Crippen molar-refractivity contribution in [3.8, 4) is 11.5 Å². The lowest BCUT2D eigenvalue weighted by Gasteiger charge is -2.05. The summed E-state index contributed by atoms with van der Waals surface area (Å²) in [7, 11) is -1.34. The molecule has 0 aliphatic rings. The average molecular weight is 397 g/mol. The fraction of sp³-hybridized carbons (Fsp3) is 0.273. The molecule has 146 valence electrons. The number of amides is 1. The number of carbonyl (C=O) groups excluding carboxylic acids is 1. The SMILES string of the molecule is Cc1cccc(-c2nc(C[S@](=O)CC(=O)NCCc3ccccc3)c(C)o2)c1. The van der Waals surface area contributed by atoms with Crippen LogP contribution in [0.4, 0.5) is 0 Å². The van der Waals surface area contributed by atoms with E-state index in [0.717, 1.165) is 23.1 Å². The summed E-state index contributed by atoms with van der Waals surface area (Å²) in [5.74, 6) is 1.10. The van der Waals surface area contributed by atoms with Crippen LogP contribution in [0.1, 0.15) is 22.6 Å². The number of carbonyl (C=O) groups is 1. The predicted molar refractivity (Wildman–Crippen MR) is 111 cm³/mol. The van der Waals surface area contributed by atoms with Gasteiger partial charge in [-0.25, -0.2) is 4.98 Å². The molecule has 0 saturated carbocycles. The summed E-state index contributed by atoms with van der Waals surface area (Å²) in [5.41, 5.74) is 3.79. The highest BCUT2D eigenvalue weighted by Crippen LogP contribution is 2.23. The Morgan fingerprint density at radius 2 is 1.89 bits per heavy atom. The third kappa shape index (κ3) is 5.63. The molecule has 0 saturated heterocycles. The van der Waals surface area contributed by atoms with Crippen molar-refractivity contribution < 1.29 is 13.4 Å². The molecule has 2 aromatic carbocycles. The minimum atomic E-state index is -1.34. The van der Waals surface area contributed by atoms with Crippen LogP contribution in [-0.2, 0) is 27.8 Å². The topological polar surface area (TPSA) is 72.2 Å². The smallest absolute Gasteiger partial charge is 0.232 e. The minimum absolute atomic E-state index is 0.0408. The number of hydrogen-bond donors (Lipinski definition) is 1. The molecule has 1 heterocycles. The van der Waals surface area contributed by atoms with Crippen molar-refractivity contribution in [2.45, 2.75) is 26.0 Å². The highest BCUT2D eigenvalue weighted by molar-refractivity contribution is 7.84. The van der Waals surface area contributed by atoms with Gasteiger partial charge < -0.3 is 9.73 Å². The summed E-state index contributed by atoms with van der Waals surface area (Å²) < 4.78 is 18.1. The normalized spacial score (nSPS) is 11.9. The molecule has 6 heteroatoms. The molecule has 0 fully saturated rings. The van der Waals surface area contributed by atoms with Crippen LogP contribution in [0.5, 0.6) is 0 Å². The number of rotatable bonds is 8. The lowest BCUT2D eigenvalue weighted by Crippen LogP contribution is -2.30. The van der Waals surface area contributed by atoms with Gasteiger partial charge >= 0.3 is 0 Å². The van der Waals surface area contributed by atoms with Crippen molar-refractivity contribution in [2.75, 3.05) is 12.3 Å². The molecule has 1 amide bonds. The maximum absolute atomic E-state index is 12.4. The first kappa shape index (κ1) is 20.0. The highest BCUT2D eigenvalue weighted by atomic mass is 32.2. The van der Waals surface area contributed by atoms with Gasteiger partial charge in [0.25, 0.3) is 0 Å². The molecule has 3 rings (SSSR count). The molecular formula is C22H24N2O3S. The van der Waals surface area contributed by atoms with Crippen molar-refractivity contribution in [1.82, 2.24) is 10.3 Å². The van der Waals surface area contributed by atoms with Crippen molar-refractivity contribution in [3.63, 3.8) is 0 Å². The van der Waals surface area contributed by atoms with Crippen molar-refractivity contribution in [2.24, 2.45) is 0 Å². The monoisotopic (exact) mass is 396 g/mol. The number of hydrogen-bond acceptors (Lipinski definition) is 4. The molecule has 0 aliphatic carbocycles. The quantitative estimate of drug-likeness (QED) is 0.632. The summed E-state index contributed by atoms with van der Waals surface area (Å²) in [6, 6.07) is 17.8. The molecule has 0 unspecified atom stereocenters. The van der Waals surface area contributed by atoms with Gasteiger partial charge in [-0.15, -0.1) is 0 Å². The number of aryl methyl sites for hydroxylation is 2. The lowest BCUT2D eigenvalue weighted by molar-refractivity contribution is -0.118. The van der Waals surface area contributed by atoms with Crippen molar-refractivity contribution >= 4 is 16.7 Å². The van der Waals surface area contributed by atoms with Crippen LogP contribution < -0.4 is 5.32 Å². The van der Waals surface area contributed by atoms with E-state index in [1.165, 1.54) is 0 Å². The Hall–Kier alpha value is -2.73. The van der Waals surface area contributed by atoms with E-state index in [9.17, 15) is 9.00 Å². The first-order chi connectivity index (χ1) is 13.5. The van der Waals surface area contributed by atoms with Gasteiger partial charge in [-0.3, -0.25) is 9.00 Å². The Labute approximate surface area is 167 Å². The van der Waals surface area contributed by atoms with E-state index in [-0.39, 0.29) is 17.4 Å². The predicted octanol–water partition coefficient (Wildman–Crippen LogP) is 3.57. The maximum atomic E-state index is 12.4. The third-order valence-electron chi connectivity index (χ3n) is 4.33. The van der Waals surface area contributed by atoms with Crippen LogP contribution >= 0.6 is 0 Å². The average Bonchev–Trinajstić information content (AvgIpc) is 3.03. The van der Waals surface area contributed by atoms with E-state index in [1.54, 1.807) is 6.92 Å². The van der Waals surface area contributed by atoms with Crippen LogP contribution in [0.3, 0.4) is 0 Å². The van der Waals surface area contributed by atoms with Gasteiger partial charge in [-0.2, -0.15) is 0 Å². The summed E-state index contributed by atoms with van der Waals surface area (Å²) in [6.07, 6.45) is 0.751. The molecule has 0 spiro atoms. The molecule has 28 heavy (non-hydrogen) atoms. The van der Waals surface area contributed by atoms with Crippen molar-refractivity contribution in [3.05, 3.63) is 77.2 Å². The summed E-state index contributed by atoms with van der Waals surface area (Å²) >= 11 is 0. The van der Waals surface area contributed by atoms with E-state index in [1.807, 2.05) is 61.5 Å². The molecule has 3 aromatic rings. The van der Waals surface area contributed by atoms with Crippen molar-refractivity contribution in [1.29, 1.82) is 0 Å². The number of nitrogens with zero attached hydrogens (tertiary/aromatic N) is 1. The zero-order valence-corrected chi connectivity index (χ0v) is 16.9. The summed E-state index contributed by atoms with van der Waals surface area (Å²) in [6.45, 7) is 4.34. The second-order valence-corrected chi connectivity index (χ2v) is 8.16. The third-order valence-corrected chi connectivity index (χ3v) is 5.51. The van der Waals surface area contributed by atoms with E-state index >= 15 is 0 Å². The minimum Gasteiger partial charge on any atom is -0.441 e. The molecule has 0 aliphatic heterocycles. The fourth-order valence-corrected chi connectivity index (χ4v) is 3.92. The van der Waals surface area contributed by atoms with Crippen LogP contribution in [0, 0.1) is 13.8 Å². The number of aromatic nitrogens is 1. The number of oxazole rings is 1. The summed E-state index contributed by atoms with van der Waals surface area (Å²) in [4.78, 5) is 16.5. The second kappa shape index (κ2) is 9.46. The number of benzene rings is 2. The van der Waals surface area contributed by atoms with Crippen LogP contribution in [0.25, 0.3) is 11.5 Å². The second-order valence-electron chi connectivity index (χ2n) is 6.71. The van der Waals surface area contributed by atoms with E-state index in [0.29, 0.717) is 23.9 Å². The van der Waals surface area contributed by atoms with Gasteiger partial charge in [0.2, 0.25) is 11.8 Å². The van der Waals surface area contributed by atoms with Crippen LogP contribution in [-0.4, -0.2) is 27.4 Å². The molecular weight excluding hydrogens is 372 g/mol. The molecule has 5 nitrogen and oxygen atoms in total. The van der Waals surface area contributed by atoms with E-state index in [4.69, 9.17) is 4.42 Å². The zero-order chi connectivity index (χ0) is 19.9. The van der Waals surface area contributed by atoms with E-state index in [2.05, 4.69) is 10.3 Å². The first-order valence-corrected chi connectivity index (χ1v) is 10.7. The van der Waals surface area contributed by atoms with Crippen LogP contribution in [0.2, 0.25) is 0 Å². The molecule has 0 radical (unpaired) electrons. The molecule has 1 atom stereocenters. The zero-order valence-electron chi connectivity index (χ0n) is 16.1. The van der Waals surface area contributed by atoms with Gasteiger partial charge in [0.1, 0.15) is 11.5 Å². The van der Waals surface area contributed by atoms with Crippen LogP contribution in [0.15, 0.2) is 59.0 Å². The Morgan fingerprint density at radius 3 is 2.64 bits per heavy atom. The van der Waals surface area contributed by atoms with Gasteiger partial charge in [0, 0.05) is 22.9 Å². The number of nitrogens with one attached hydrogen (secondary N) is 1. The van der Waals surface area contributed by atoms with Gasteiger partial charge in [-0.1, -0.05) is 48.0 Å². The van der Waals surface area contributed by atoms with Gasteiger partial charge in [0.15, 0.2) is 0 Å².